The van der Waals surface area contributed by atoms with E-state index in [-0.39, 0.29) is 11.4 Å². The lowest BCUT2D eigenvalue weighted by Crippen LogP contribution is -2.22. The van der Waals surface area contributed by atoms with Crippen LogP contribution in [-0.2, 0) is 20.7 Å². The van der Waals surface area contributed by atoms with Gasteiger partial charge in [-0.05, 0) is 26.0 Å². The maximum Gasteiger partial charge on any atom is 0.344 e. The van der Waals surface area contributed by atoms with Crippen molar-refractivity contribution in [2.45, 2.75) is 26.4 Å². The van der Waals surface area contributed by atoms with Gasteiger partial charge in [0.05, 0.1) is 0 Å². The molecule has 0 N–H and O–H groups in total. The van der Waals surface area contributed by atoms with E-state index in [1.54, 1.807) is 18.5 Å². The van der Waals surface area contributed by atoms with Crippen LogP contribution in [0, 0.1) is 0 Å². The van der Waals surface area contributed by atoms with Crippen molar-refractivity contribution in [1.29, 1.82) is 0 Å². The Bertz CT molecular complexity index is 521. The summed E-state index contributed by atoms with van der Waals surface area (Å²) in [6.07, 6.45) is 2.83. The lowest BCUT2D eigenvalue weighted by atomic mass is 10.1. The number of esters is 1. The molecule has 0 aliphatic carbocycles. The molecule has 0 spiro atoms. The first-order chi connectivity index (χ1) is 9.65. The molecule has 0 radical (unpaired) electrons. The summed E-state index contributed by atoms with van der Waals surface area (Å²) >= 11 is 0. The first-order valence-electron chi connectivity index (χ1n) is 6.76. The van der Waals surface area contributed by atoms with Gasteiger partial charge in [0.2, 0.25) is 5.78 Å². The molecule has 1 aromatic rings. The zero-order valence-corrected chi connectivity index (χ0v) is 11.7. The van der Waals surface area contributed by atoms with Crippen LogP contribution in [0.1, 0.15) is 19.5 Å². The summed E-state index contributed by atoms with van der Waals surface area (Å²) in [5.74, 6) is -0.796. The second kappa shape index (κ2) is 6.32. The van der Waals surface area contributed by atoms with Gasteiger partial charge in [-0.1, -0.05) is 6.07 Å². The molecule has 1 aliphatic rings. The van der Waals surface area contributed by atoms with Gasteiger partial charge in [-0.2, -0.15) is 0 Å². The van der Waals surface area contributed by atoms with E-state index in [4.69, 9.17) is 4.74 Å². The number of ether oxygens (including phenoxy) is 1. The summed E-state index contributed by atoms with van der Waals surface area (Å²) in [5.41, 5.74) is 0.873. The molecule has 1 saturated heterocycles. The summed E-state index contributed by atoms with van der Waals surface area (Å²) in [4.78, 5) is 30.1. The molecule has 1 fully saturated rings. The maximum atomic E-state index is 12.2. The van der Waals surface area contributed by atoms with Crippen molar-refractivity contribution in [3.8, 4) is 0 Å². The van der Waals surface area contributed by atoms with E-state index in [1.807, 2.05) is 30.9 Å². The highest BCUT2D eigenvalue weighted by molar-refractivity contribution is 6.23. The Kier molecular flexibility index (Phi) is 4.50. The van der Waals surface area contributed by atoms with Crippen molar-refractivity contribution in [1.82, 2.24) is 9.88 Å². The Morgan fingerprint density at radius 1 is 1.30 bits per heavy atom. The first-order valence-corrected chi connectivity index (χ1v) is 6.76. The highest BCUT2D eigenvalue weighted by Gasteiger charge is 2.38. The molecule has 20 heavy (non-hydrogen) atoms. The highest BCUT2D eigenvalue weighted by Crippen LogP contribution is 2.20. The predicted octanol–water partition coefficient (Wildman–Crippen LogP) is 1.34. The Morgan fingerprint density at radius 3 is 2.65 bits per heavy atom. The smallest absolute Gasteiger partial charge is 0.344 e. The molecule has 0 amide bonds. The van der Waals surface area contributed by atoms with E-state index < -0.39 is 12.1 Å². The number of pyridine rings is 1. The van der Waals surface area contributed by atoms with Gasteiger partial charge in [0, 0.05) is 37.6 Å². The number of hydrogen-bond donors (Lipinski definition) is 0. The number of ketones is 1. The van der Waals surface area contributed by atoms with Gasteiger partial charge >= 0.3 is 5.97 Å². The normalized spacial score (nSPS) is 20.3. The third kappa shape index (κ3) is 3.04. The topological polar surface area (TPSA) is 59.5 Å². The van der Waals surface area contributed by atoms with Gasteiger partial charge in [0.15, 0.2) is 6.10 Å². The fourth-order valence-corrected chi connectivity index (χ4v) is 2.07. The van der Waals surface area contributed by atoms with Gasteiger partial charge < -0.3 is 9.64 Å². The Hall–Kier alpha value is -2.17. The molecular weight excluding hydrogens is 256 g/mol. The number of hydrogen-bond acceptors (Lipinski definition) is 5. The van der Waals surface area contributed by atoms with Crippen LogP contribution in [0.4, 0.5) is 0 Å². The van der Waals surface area contributed by atoms with Crippen LogP contribution in [0.2, 0.25) is 0 Å². The van der Waals surface area contributed by atoms with Crippen LogP contribution in [0.15, 0.2) is 36.2 Å². The minimum atomic E-state index is -0.751. The molecule has 0 saturated carbocycles. The first kappa shape index (κ1) is 14.2. The van der Waals surface area contributed by atoms with Gasteiger partial charge in [-0.25, -0.2) is 4.79 Å². The van der Waals surface area contributed by atoms with Gasteiger partial charge in [0.1, 0.15) is 5.57 Å². The lowest BCUT2D eigenvalue weighted by molar-refractivity contribution is -0.140. The van der Waals surface area contributed by atoms with E-state index in [0.717, 1.165) is 18.8 Å². The van der Waals surface area contributed by atoms with Crippen LogP contribution in [0.25, 0.3) is 0 Å². The van der Waals surface area contributed by atoms with Crippen molar-refractivity contribution in [2.24, 2.45) is 0 Å². The molecule has 106 valence electrons. The number of carbonyl (C=O) groups is 2. The predicted molar refractivity (Wildman–Crippen MR) is 73.8 cm³/mol. The second-order valence-electron chi connectivity index (χ2n) is 4.55. The van der Waals surface area contributed by atoms with E-state index in [2.05, 4.69) is 4.98 Å². The molecule has 5 heteroatoms. The number of rotatable bonds is 5. The highest BCUT2D eigenvalue weighted by atomic mass is 16.6. The lowest BCUT2D eigenvalue weighted by Gasteiger charge is -2.14. The van der Waals surface area contributed by atoms with Gasteiger partial charge in [-0.15, -0.1) is 0 Å². The molecule has 0 bridgehead atoms. The average Bonchev–Trinajstić information content (AvgIpc) is 2.72. The van der Waals surface area contributed by atoms with Crippen LogP contribution in [-0.4, -0.2) is 40.8 Å². The largest absolute Gasteiger partial charge is 0.450 e. The molecule has 2 rings (SSSR count). The van der Waals surface area contributed by atoms with Crippen LogP contribution < -0.4 is 0 Å². The Balaban J connectivity index is 2.13. The van der Waals surface area contributed by atoms with Crippen molar-refractivity contribution in [2.75, 3.05) is 13.1 Å². The molecule has 1 unspecified atom stereocenters. The fourth-order valence-electron chi connectivity index (χ4n) is 2.07. The molecule has 1 atom stereocenters. The van der Waals surface area contributed by atoms with E-state index in [1.165, 1.54) is 0 Å². The molecule has 1 aliphatic heterocycles. The summed E-state index contributed by atoms with van der Waals surface area (Å²) in [7, 11) is 0. The number of carbonyl (C=O) groups excluding carboxylic acids is 2. The monoisotopic (exact) mass is 274 g/mol. The third-order valence-corrected chi connectivity index (χ3v) is 3.27. The third-order valence-electron chi connectivity index (χ3n) is 3.27. The van der Waals surface area contributed by atoms with Crippen LogP contribution in [0.3, 0.4) is 0 Å². The zero-order valence-electron chi connectivity index (χ0n) is 11.7. The summed E-state index contributed by atoms with van der Waals surface area (Å²) in [5, 5.41) is 0. The molecule has 2 heterocycles. The Labute approximate surface area is 118 Å². The molecule has 1 aromatic heterocycles. The maximum absolute atomic E-state index is 12.2. The van der Waals surface area contributed by atoms with Crippen molar-refractivity contribution in [3.05, 3.63) is 41.9 Å². The summed E-state index contributed by atoms with van der Waals surface area (Å²) in [6, 6.07) is 5.46. The number of nitrogens with zero attached hydrogens (tertiary/aromatic N) is 2. The minimum Gasteiger partial charge on any atom is -0.450 e. The minimum absolute atomic E-state index is 0.134. The average molecular weight is 274 g/mol. The van der Waals surface area contributed by atoms with E-state index >= 15 is 0 Å². The van der Waals surface area contributed by atoms with Gasteiger partial charge in [-0.3, -0.25) is 9.78 Å². The van der Waals surface area contributed by atoms with Crippen LogP contribution in [0.5, 0.6) is 0 Å². The van der Waals surface area contributed by atoms with E-state index in [9.17, 15) is 9.59 Å². The van der Waals surface area contributed by atoms with Gasteiger partial charge in [0.25, 0.3) is 0 Å². The van der Waals surface area contributed by atoms with Crippen LogP contribution >= 0.6 is 0 Å². The second-order valence-corrected chi connectivity index (χ2v) is 4.55. The zero-order chi connectivity index (χ0) is 14.5. The molecule has 0 aromatic carbocycles. The summed E-state index contributed by atoms with van der Waals surface area (Å²) in [6.45, 7) is 5.42. The van der Waals surface area contributed by atoms with Crippen molar-refractivity contribution < 1.29 is 14.3 Å². The number of cyclic esters (lactones) is 1. The van der Waals surface area contributed by atoms with Crippen molar-refractivity contribution in [3.63, 3.8) is 0 Å². The fraction of sp³-hybridized carbons (Fsp3) is 0.400. The Morgan fingerprint density at radius 2 is 2.05 bits per heavy atom. The SMILES string of the molecule is CCN(/C=C1/C(=O)OC(Cc2ccccn2)C1=O)CC. The summed E-state index contributed by atoms with van der Waals surface area (Å²) < 4.78 is 5.16. The van der Waals surface area contributed by atoms with Crippen molar-refractivity contribution >= 4 is 11.8 Å². The van der Waals surface area contributed by atoms with E-state index in [0.29, 0.717) is 6.42 Å². The quantitative estimate of drug-likeness (QED) is 0.461. The number of aromatic nitrogens is 1. The molecular formula is C15H18N2O3. The number of Topliss-reactive ketones (excluding diaryl/α,β-unsaturated/α-hetero) is 1. The molecule has 5 nitrogen and oxygen atoms in total. The standard InChI is InChI=1S/C15H18N2O3/c1-3-17(4-2)10-12-14(18)13(20-15(12)19)9-11-7-5-6-8-16-11/h5-8,10,13H,3-4,9H2,1-2H3/b12-10+.